The molecule has 0 aliphatic carbocycles. The summed E-state index contributed by atoms with van der Waals surface area (Å²) < 4.78 is 0. The highest BCUT2D eigenvalue weighted by Crippen LogP contribution is 2.27. The Morgan fingerprint density at radius 2 is 2.17 bits per heavy atom. The van der Waals surface area contributed by atoms with Gasteiger partial charge >= 0.3 is 6.03 Å². The van der Waals surface area contributed by atoms with Crippen molar-refractivity contribution in [3.05, 3.63) is 22.4 Å². The fourth-order valence-corrected chi connectivity index (χ4v) is 0.942. The number of carbonyl (C=O) groups excluding carboxylic acids is 1. The Kier molecular flexibility index (Phi) is 2.73. The number of nitrogens with zero attached hydrogens (tertiary/aromatic N) is 1. The average molecular weight is 206 g/mol. The van der Waals surface area contributed by atoms with Crippen LogP contribution >= 0.6 is 23.2 Å². The molecule has 1 rings (SSSR count). The first-order valence-corrected chi connectivity index (χ1v) is 3.72. The molecule has 0 aliphatic heterocycles. The van der Waals surface area contributed by atoms with Crippen LogP contribution in [0.15, 0.2) is 12.4 Å². The van der Waals surface area contributed by atoms with E-state index < -0.39 is 6.03 Å². The van der Waals surface area contributed by atoms with E-state index in [1.807, 2.05) is 0 Å². The van der Waals surface area contributed by atoms with Crippen molar-refractivity contribution < 1.29 is 4.79 Å². The van der Waals surface area contributed by atoms with E-state index in [0.717, 1.165) is 0 Å². The van der Waals surface area contributed by atoms with Crippen molar-refractivity contribution in [2.75, 3.05) is 5.32 Å². The van der Waals surface area contributed by atoms with Crippen LogP contribution in [0.1, 0.15) is 0 Å². The van der Waals surface area contributed by atoms with Crippen molar-refractivity contribution in [3.63, 3.8) is 0 Å². The van der Waals surface area contributed by atoms with Crippen LogP contribution in [0.5, 0.6) is 0 Å². The lowest BCUT2D eigenvalue weighted by molar-refractivity contribution is 0.259. The molecule has 0 atom stereocenters. The number of nitrogens with one attached hydrogen (secondary N) is 1. The maximum atomic E-state index is 10.4. The maximum absolute atomic E-state index is 10.4. The van der Waals surface area contributed by atoms with Gasteiger partial charge in [-0.25, -0.2) is 4.79 Å². The molecule has 4 nitrogen and oxygen atoms in total. The summed E-state index contributed by atoms with van der Waals surface area (Å²) in [7, 11) is 0. The number of primary amides is 1. The summed E-state index contributed by atoms with van der Waals surface area (Å²) in [4.78, 5) is 14.1. The quantitative estimate of drug-likeness (QED) is 0.736. The van der Waals surface area contributed by atoms with Gasteiger partial charge in [-0.15, -0.1) is 0 Å². The number of nitrogens with two attached hydrogens (primary N) is 1. The first-order chi connectivity index (χ1) is 5.61. The van der Waals surface area contributed by atoms with Crippen molar-refractivity contribution in [1.82, 2.24) is 4.98 Å². The number of hydrogen-bond acceptors (Lipinski definition) is 2. The molecule has 0 bridgehead atoms. The Morgan fingerprint density at radius 1 is 1.50 bits per heavy atom. The van der Waals surface area contributed by atoms with Gasteiger partial charge in [-0.05, 0) is 0 Å². The SMILES string of the molecule is NC(=O)Nc1cncc(Cl)c1Cl. The van der Waals surface area contributed by atoms with Crippen LogP contribution in [0.4, 0.5) is 10.5 Å². The molecule has 0 fully saturated rings. The molecule has 1 heterocycles. The molecular formula is C6H5Cl2N3O. The van der Waals surface area contributed by atoms with Crippen molar-refractivity contribution >= 4 is 34.9 Å². The number of hydrogen-bond donors (Lipinski definition) is 2. The summed E-state index contributed by atoms with van der Waals surface area (Å²) in [5.41, 5.74) is 5.17. The van der Waals surface area contributed by atoms with E-state index in [1.54, 1.807) is 0 Å². The molecule has 0 aromatic carbocycles. The minimum absolute atomic E-state index is 0.227. The maximum Gasteiger partial charge on any atom is 0.316 e. The molecule has 0 radical (unpaired) electrons. The van der Waals surface area contributed by atoms with Gasteiger partial charge in [-0.3, -0.25) is 4.98 Å². The fraction of sp³-hybridized carbons (Fsp3) is 0. The van der Waals surface area contributed by atoms with Gasteiger partial charge in [0.2, 0.25) is 0 Å². The van der Waals surface area contributed by atoms with Gasteiger partial charge in [0.1, 0.15) is 0 Å². The zero-order chi connectivity index (χ0) is 9.14. The smallest absolute Gasteiger partial charge is 0.316 e. The first kappa shape index (κ1) is 9.09. The third kappa shape index (κ3) is 1.99. The Morgan fingerprint density at radius 3 is 2.75 bits per heavy atom. The van der Waals surface area contributed by atoms with E-state index in [9.17, 15) is 4.79 Å². The second kappa shape index (κ2) is 3.60. The number of pyridine rings is 1. The molecule has 0 aliphatic rings. The van der Waals surface area contributed by atoms with Crippen molar-refractivity contribution in [1.29, 1.82) is 0 Å². The largest absolute Gasteiger partial charge is 0.351 e. The number of aromatic nitrogens is 1. The van der Waals surface area contributed by atoms with Crippen molar-refractivity contribution in [3.8, 4) is 0 Å². The molecule has 0 unspecified atom stereocenters. The molecule has 3 N–H and O–H groups in total. The molecule has 1 aromatic rings. The van der Waals surface area contributed by atoms with Gasteiger partial charge in [0.25, 0.3) is 0 Å². The van der Waals surface area contributed by atoms with Crippen LogP contribution in [-0.4, -0.2) is 11.0 Å². The van der Waals surface area contributed by atoms with Gasteiger partial charge in [0.05, 0.1) is 21.9 Å². The molecule has 0 saturated carbocycles. The first-order valence-electron chi connectivity index (χ1n) is 2.96. The predicted octanol–water partition coefficient (Wildman–Crippen LogP) is 1.88. The number of anilines is 1. The lowest BCUT2D eigenvalue weighted by Crippen LogP contribution is -2.19. The highest BCUT2D eigenvalue weighted by Gasteiger charge is 2.05. The summed E-state index contributed by atoms with van der Waals surface area (Å²) in [6, 6.07) is -0.707. The predicted molar refractivity (Wildman–Crippen MR) is 47.5 cm³/mol. The molecule has 2 amide bonds. The van der Waals surface area contributed by atoms with Crippen molar-refractivity contribution in [2.24, 2.45) is 5.73 Å². The molecular weight excluding hydrogens is 201 g/mol. The Balaban J connectivity index is 3.00. The normalized spacial score (nSPS) is 9.50. The van der Waals surface area contributed by atoms with Crippen LogP contribution in [0.3, 0.4) is 0 Å². The number of halogens is 2. The minimum atomic E-state index is -0.707. The second-order valence-electron chi connectivity index (χ2n) is 1.97. The van der Waals surface area contributed by atoms with Crippen LogP contribution in [0.2, 0.25) is 10.0 Å². The summed E-state index contributed by atoms with van der Waals surface area (Å²) in [5, 5.41) is 2.77. The van der Waals surface area contributed by atoms with Gasteiger partial charge < -0.3 is 11.1 Å². The lowest BCUT2D eigenvalue weighted by Gasteiger charge is -2.03. The van der Waals surface area contributed by atoms with Gasteiger partial charge in [-0.2, -0.15) is 0 Å². The monoisotopic (exact) mass is 205 g/mol. The molecule has 1 aromatic heterocycles. The van der Waals surface area contributed by atoms with Crippen LogP contribution in [0, 0.1) is 0 Å². The summed E-state index contributed by atoms with van der Waals surface area (Å²) >= 11 is 11.3. The Hall–Kier alpha value is -1.000. The Labute approximate surface area is 78.7 Å². The molecule has 0 saturated heterocycles. The highest BCUT2D eigenvalue weighted by molar-refractivity contribution is 6.43. The van der Waals surface area contributed by atoms with E-state index in [4.69, 9.17) is 28.9 Å². The highest BCUT2D eigenvalue weighted by atomic mass is 35.5. The lowest BCUT2D eigenvalue weighted by atomic mass is 10.4. The third-order valence-electron chi connectivity index (χ3n) is 1.10. The average Bonchev–Trinajstić information content (AvgIpc) is 1.98. The van der Waals surface area contributed by atoms with Crippen LogP contribution in [-0.2, 0) is 0 Å². The zero-order valence-electron chi connectivity index (χ0n) is 5.84. The number of rotatable bonds is 1. The minimum Gasteiger partial charge on any atom is -0.351 e. The molecule has 0 spiro atoms. The van der Waals surface area contributed by atoms with Gasteiger partial charge in [-0.1, -0.05) is 23.2 Å². The van der Waals surface area contributed by atoms with Crippen LogP contribution < -0.4 is 11.1 Å². The summed E-state index contributed by atoms with van der Waals surface area (Å²) in [6.45, 7) is 0. The summed E-state index contributed by atoms with van der Waals surface area (Å²) in [6.07, 6.45) is 2.73. The van der Waals surface area contributed by atoms with Gasteiger partial charge in [0, 0.05) is 6.20 Å². The fourth-order valence-electron chi connectivity index (χ4n) is 0.639. The second-order valence-corrected chi connectivity index (χ2v) is 2.76. The Bertz CT molecular complexity index is 316. The van der Waals surface area contributed by atoms with E-state index in [1.165, 1.54) is 12.4 Å². The van der Waals surface area contributed by atoms with Crippen molar-refractivity contribution in [2.45, 2.75) is 0 Å². The number of carbonyl (C=O) groups is 1. The standard InChI is InChI=1S/C6H5Cl2N3O/c7-3-1-10-2-4(5(3)8)11-6(9)12/h1-2H,(H3,9,11,12). The number of urea groups is 1. The van der Waals surface area contributed by atoms with E-state index in [2.05, 4.69) is 10.3 Å². The molecule has 64 valence electrons. The molecule has 6 heteroatoms. The van der Waals surface area contributed by atoms with E-state index in [0.29, 0.717) is 5.69 Å². The van der Waals surface area contributed by atoms with E-state index >= 15 is 0 Å². The number of amides is 2. The summed E-state index contributed by atoms with van der Waals surface area (Å²) in [5.74, 6) is 0. The molecule has 12 heavy (non-hydrogen) atoms. The zero-order valence-corrected chi connectivity index (χ0v) is 7.36. The topological polar surface area (TPSA) is 68.0 Å². The van der Waals surface area contributed by atoms with Gasteiger partial charge in [0.15, 0.2) is 0 Å². The van der Waals surface area contributed by atoms with E-state index in [-0.39, 0.29) is 10.0 Å². The third-order valence-corrected chi connectivity index (χ3v) is 1.89. The van der Waals surface area contributed by atoms with Crippen LogP contribution in [0.25, 0.3) is 0 Å².